The maximum absolute atomic E-state index is 12.9. The molecule has 0 bridgehead atoms. The van der Waals surface area contributed by atoms with Gasteiger partial charge in [-0.1, -0.05) is 43.1 Å². The first-order valence-corrected chi connectivity index (χ1v) is 9.76. The molecule has 2 atom stereocenters. The minimum atomic E-state index is -1.01. The Kier molecular flexibility index (Phi) is 6.42. The fraction of sp³-hybridized carbons (Fsp3) is 0.222. The van der Waals surface area contributed by atoms with E-state index in [1.165, 1.54) is 16.7 Å². The van der Waals surface area contributed by atoms with E-state index in [0.29, 0.717) is 4.31 Å². The van der Waals surface area contributed by atoms with E-state index in [4.69, 9.17) is 10.5 Å². The van der Waals surface area contributed by atoms with Crippen LogP contribution in [0.5, 0.6) is 0 Å². The van der Waals surface area contributed by atoms with E-state index in [-0.39, 0.29) is 12.4 Å². The number of imide groups is 1. The minimum absolute atomic E-state index is 0.0607. The predicted molar refractivity (Wildman–Crippen MR) is 107 cm³/mol. The Morgan fingerprint density at radius 2 is 1.89 bits per heavy atom. The number of hydrogen-bond acceptors (Lipinski definition) is 7. The molecule has 0 saturated carbocycles. The Bertz CT molecular complexity index is 853. The smallest absolute Gasteiger partial charge is 0.412 e. The number of ether oxygens (including phenoxy) is 1. The maximum atomic E-state index is 12.9. The van der Waals surface area contributed by atoms with Crippen molar-refractivity contribution in [1.82, 2.24) is 14.2 Å². The molecule has 2 unspecified atom stereocenters. The second-order valence-corrected chi connectivity index (χ2v) is 7.43. The van der Waals surface area contributed by atoms with Gasteiger partial charge in [-0.15, -0.1) is 11.8 Å². The van der Waals surface area contributed by atoms with Crippen LogP contribution < -0.4 is 5.73 Å². The van der Waals surface area contributed by atoms with Gasteiger partial charge in [-0.25, -0.2) is 13.9 Å². The second kappa shape index (κ2) is 8.98. The molecule has 146 valence electrons. The summed E-state index contributed by atoms with van der Waals surface area (Å²) in [5, 5.41) is -0.463. The summed E-state index contributed by atoms with van der Waals surface area (Å²) in [6.45, 7) is 0.0607. The van der Waals surface area contributed by atoms with Crippen LogP contribution in [0.2, 0.25) is 0 Å². The summed E-state index contributed by atoms with van der Waals surface area (Å²) in [5.41, 5.74) is 6.75. The van der Waals surface area contributed by atoms with Gasteiger partial charge in [0.2, 0.25) is 0 Å². The molecule has 2 N–H and O–H groups in total. The van der Waals surface area contributed by atoms with E-state index in [9.17, 15) is 14.4 Å². The summed E-state index contributed by atoms with van der Waals surface area (Å²) < 4.78 is 5.94. The molecule has 1 saturated heterocycles. The molecule has 10 heteroatoms. The van der Waals surface area contributed by atoms with E-state index in [1.807, 2.05) is 30.3 Å². The van der Waals surface area contributed by atoms with Crippen molar-refractivity contribution in [3.63, 3.8) is 0 Å². The number of urea groups is 1. The number of hydrogen-bond donors (Lipinski definition) is 2. The number of rotatable bonds is 4. The zero-order chi connectivity index (χ0) is 20.1. The monoisotopic (exact) mass is 418 g/mol. The van der Waals surface area contributed by atoms with Crippen molar-refractivity contribution in [2.24, 2.45) is 5.73 Å². The van der Waals surface area contributed by atoms with Gasteiger partial charge >= 0.3 is 12.1 Å². The van der Waals surface area contributed by atoms with Crippen molar-refractivity contribution in [2.45, 2.75) is 18.0 Å². The number of nitrogens with zero attached hydrogens (tertiary/aromatic N) is 3. The molecule has 2 aromatic rings. The summed E-state index contributed by atoms with van der Waals surface area (Å²) in [5.74, 6) is -0.409. The SMILES string of the molecule is NC(=O)N(S)C(=O)C1CSC(c2ccncc2)N1C(=O)OCc1ccccc1. The quantitative estimate of drug-likeness (QED) is 0.740. The van der Waals surface area contributed by atoms with Crippen molar-refractivity contribution < 1.29 is 19.1 Å². The third-order valence-corrected chi connectivity index (χ3v) is 5.83. The highest BCUT2D eigenvalue weighted by Crippen LogP contribution is 2.42. The number of nitrogens with two attached hydrogens (primary N) is 1. The lowest BCUT2D eigenvalue weighted by Gasteiger charge is -2.29. The number of carbonyl (C=O) groups excluding carboxylic acids is 3. The highest BCUT2D eigenvalue weighted by molar-refractivity contribution is 7.99. The number of pyridine rings is 1. The van der Waals surface area contributed by atoms with E-state index in [1.54, 1.807) is 24.5 Å². The van der Waals surface area contributed by atoms with Gasteiger partial charge in [0.25, 0.3) is 5.91 Å². The Labute approximate surface area is 171 Å². The van der Waals surface area contributed by atoms with Crippen LogP contribution in [0.3, 0.4) is 0 Å². The van der Waals surface area contributed by atoms with Crippen LogP contribution in [0.4, 0.5) is 9.59 Å². The van der Waals surface area contributed by atoms with Crippen molar-refractivity contribution >= 4 is 42.6 Å². The molecule has 1 aromatic carbocycles. The van der Waals surface area contributed by atoms with E-state index >= 15 is 0 Å². The first-order chi connectivity index (χ1) is 13.5. The lowest BCUT2D eigenvalue weighted by Crippen LogP contribution is -2.49. The third-order valence-electron chi connectivity index (χ3n) is 4.11. The molecule has 1 fully saturated rings. The molecule has 1 aliphatic heterocycles. The van der Waals surface area contributed by atoms with Crippen LogP contribution in [0.15, 0.2) is 54.9 Å². The van der Waals surface area contributed by atoms with Gasteiger partial charge in [-0.2, -0.15) is 0 Å². The third kappa shape index (κ3) is 4.39. The average molecular weight is 419 g/mol. The van der Waals surface area contributed by atoms with Crippen LogP contribution in [0, 0.1) is 0 Å². The lowest BCUT2D eigenvalue weighted by atomic mass is 10.2. The van der Waals surface area contributed by atoms with Gasteiger partial charge < -0.3 is 10.5 Å². The Morgan fingerprint density at radius 1 is 1.21 bits per heavy atom. The second-order valence-electron chi connectivity index (χ2n) is 5.92. The molecule has 8 nitrogen and oxygen atoms in total. The predicted octanol–water partition coefficient (Wildman–Crippen LogP) is 2.59. The standard InChI is InChI=1S/C18H18N4O4S2/c19-17(24)22(27)15(23)14-11-28-16(13-6-8-20-9-7-13)21(14)18(25)26-10-12-4-2-1-3-5-12/h1-9,14,16,27H,10-11H2,(H2,19,24). The van der Waals surface area contributed by atoms with Gasteiger partial charge in [-0.05, 0) is 23.3 Å². The molecule has 1 aromatic heterocycles. The highest BCUT2D eigenvalue weighted by atomic mass is 32.2. The summed E-state index contributed by atoms with van der Waals surface area (Å²) in [7, 11) is 0. The number of thiol groups is 1. The summed E-state index contributed by atoms with van der Waals surface area (Å²) in [6, 6.07) is 10.8. The Hall–Kier alpha value is -2.72. The summed E-state index contributed by atoms with van der Waals surface area (Å²) in [4.78, 5) is 42.1. The van der Waals surface area contributed by atoms with Crippen molar-refractivity contribution in [2.75, 3.05) is 5.75 Å². The zero-order valence-electron chi connectivity index (χ0n) is 14.7. The Morgan fingerprint density at radius 3 is 2.54 bits per heavy atom. The molecule has 3 rings (SSSR count). The lowest BCUT2D eigenvalue weighted by molar-refractivity contribution is -0.128. The van der Waals surface area contributed by atoms with Crippen molar-refractivity contribution in [3.05, 3.63) is 66.0 Å². The number of amides is 4. The van der Waals surface area contributed by atoms with E-state index in [2.05, 4.69) is 17.8 Å². The molecular weight excluding hydrogens is 400 g/mol. The van der Waals surface area contributed by atoms with Crippen LogP contribution >= 0.6 is 24.6 Å². The fourth-order valence-corrected chi connectivity index (χ4v) is 4.29. The molecule has 2 heterocycles. The molecule has 4 amide bonds. The number of primary amides is 1. The van der Waals surface area contributed by atoms with Crippen LogP contribution in [-0.2, 0) is 16.1 Å². The first kappa shape index (κ1) is 20.0. The number of benzene rings is 1. The molecule has 0 aliphatic carbocycles. The molecule has 0 spiro atoms. The van der Waals surface area contributed by atoms with Crippen LogP contribution in [0.1, 0.15) is 16.5 Å². The van der Waals surface area contributed by atoms with E-state index in [0.717, 1.165) is 11.1 Å². The first-order valence-electron chi connectivity index (χ1n) is 8.32. The number of carbonyl (C=O) groups is 3. The number of aromatic nitrogens is 1. The fourth-order valence-electron chi connectivity index (χ4n) is 2.75. The van der Waals surface area contributed by atoms with Gasteiger partial charge in [0, 0.05) is 18.1 Å². The average Bonchev–Trinajstić information content (AvgIpc) is 3.17. The molecule has 28 heavy (non-hydrogen) atoms. The Balaban J connectivity index is 1.83. The van der Waals surface area contributed by atoms with Crippen LogP contribution in [0.25, 0.3) is 0 Å². The maximum Gasteiger partial charge on any atom is 0.412 e. The molecule has 0 radical (unpaired) electrons. The van der Waals surface area contributed by atoms with Gasteiger partial charge in [0.15, 0.2) is 0 Å². The highest BCUT2D eigenvalue weighted by Gasteiger charge is 2.45. The zero-order valence-corrected chi connectivity index (χ0v) is 16.4. The van der Waals surface area contributed by atoms with Gasteiger partial charge in [-0.3, -0.25) is 14.7 Å². The summed E-state index contributed by atoms with van der Waals surface area (Å²) >= 11 is 5.22. The van der Waals surface area contributed by atoms with Gasteiger partial charge in [0.1, 0.15) is 18.0 Å². The van der Waals surface area contributed by atoms with Crippen LogP contribution in [-0.4, -0.2) is 44.0 Å². The summed E-state index contributed by atoms with van der Waals surface area (Å²) in [6.07, 6.45) is 2.54. The minimum Gasteiger partial charge on any atom is -0.444 e. The van der Waals surface area contributed by atoms with E-state index < -0.39 is 29.4 Å². The topological polar surface area (TPSA) is 106 Å². The molecule has 1 aliphatic rings. The number of thioether (sulfide) groups is 1. The van der Waals surface area contributed by atoms with Gasteiger partial charge in [0.05, 0.1) is 0 Å². The normalized spacial score (nSPS) is 18.5. The van der Waals surface area contributed by atoms with Crippen molar-refractivity contribution in [3.8, 4) is 0 Å². The molecular formula is C18H18N4O4S2. The van der Waals surface area contributed by atoms with Crippen molar-refractivity contribution in [1.29, 1.82) is 0 Å². The largest absolute Gasteiger partial charge is 0.444 e.